The van der Waals surface area contributed by atoms with Gasteiger partial charge in [-0.1, -0.05) is 40.7 Å². The molecule has 2 aliphatic heterocycles. The minimum Gasteiger partial charge on any atom is -0.337 e. The molecule has 2 fully saturated rings. The van der Waals surface area contributed by atoms with E-state index in [1.165, 1.54) is 0 Å². The average Bonchev–Trinajstić information content (AvgIpc) is 3.26. The van der Waals surface area contributed by atoms with Crippen LogP contribution in [0.3, 0.4) is 0 Å². The van der Waals surface area contributed by atoms with Crippen molar-refractivity contribution in [1.29, 1.82) is 0 Å². The zero-order valence-electron chi connectivity index (χ0n) is 17.9. The Bertz CT molecular complexity index is 566. The number of hydrogen-bond donors (Lipinski definition) is 0. The Kier molecular flexibility index (Phi) is 10.1. The highest BCUT2D eigenvalue weighted by molar-refractivity contribution is 6.39. The summed E-state index contributed by atoms with van der Waals surface area (Å²) in [6, 6.07) is 5.39. The highest BCUT2D eigenvalue weighted by Crippen LogP contribution is 2.27. The van der Waals surface area contributed by atoms with Gasteiger partial charge < -0.3 is 9.80 Å². The molecule has 0 spiro atoms. The van der Waals surface area contributed by atoms with Crippen LogP contribution in [0, 0.1) is 5.92 Å². The molecular weight excluding hydrogens is 332 g/mol. The van der Waals surface area contributed by atoms with Crippen LogP contribution in [-0.2, 0) is 5.34 Å². The summed E-state index contributed by atoms with van der Waals surface area (Å²) in [4.78, 5) is 20.9. The Labute approximate surface area is 168 Å². The van der Waals surface area contributed by atoms with E-state index in [1.807, 2.05) is 44.7 Å². The standard InChI is InChI=1S/C17H23B2N3O.2C2H6/c1-13-7-11-22(12-8-13)17(18,19)15-6-4-5-14(20-15)16(23)21-9-2-3-10-21;2*1-2/h4-6,13H,2-3,7-12H2,1H3;2*1-2H3. The van der Waals surface area contributed by atoms with E-state index in [9.17, 15) is 4.79 Å². The first-order chi connectivity index (χ1) is 13.0. The SMILES string of the molecule is CC.CC.[B]C([B])(c1cccc(C(=O)N2CCCC2)n1)N1CCC(C)CC1. The molecule has 6 heteroatoms. The molecule has 1 aromatic heterocycles. The zero-order chi connectivity index (χ0) is 20.4. The predicted molar refractivity (Wildman–Crippen MR) is 115 cm³/mol. The Morgan fingerprint density at radius 3 is 2.15 bits per heavy atom. The number of piperidine rings is 1. The van der Waals surface area contributed by atoms with Crippen LogP contribution in [0.4, 0.5) is 0 Å². The Balaban J connectivity index is 0.000000855. The lowest BCUT2D eigenvalue weighted by molar-refractivity contribution is 0.0786. The highest BCUT2D eigenvalue weighted by atomic mass is 16.2. The Hall–Kier alpha value is -1.29. The van der Waals surface area contributed by atoms with Gasteiger partial charge in [-0.05, 0) is 62.2 Å². The third kappa shape index (κ3) is 6.10. The van der Waals surface area contributed by atoms with Crippen LogP contribution < -0.4 is 0 Å². The number of rotatable bonds is 3. The van der Waals surface area contributed by atoms with Gasteiger partial charge in [0.05, 0.1) is 15.7 Å². The molecule has 2 saturated heterocycles. The normalized spacial score (nSPS) is 18.2. The van der Waals surface area contributed by atoms with Gasteiger partial charge >= 0.3 is 0 Å². The average molecular weight is 367 g/mol. The molecule has 1 aromatic rings. The number of nitrogens with zero attached hydrogens (tertiary/aromatic N) is 3. The molecule has 4 nitrogen and oxygen atoms in total. The van der Waals surface area contributed by atoms with Crippen molar-refractivity contribution in [1.82, 2.24) is 14.8 Å². The van der Waals surface area contributed by atoms with Crippen LogP contribution in [0.15, 0.2) is 18.2 Å². The van der Waals surface area contributed by atoms with Crippen molar-refractivity contribution in [3.05, 3.63) is 29.6 Å². The second-order valence-electron chi connectivity index (χ2n) is 6.90. The summed E-state index contributed by atoms with van der Waals surface area (Å²) in [5.74, 6) is 0.686. The molecule has 3 rings (SSSR count). The van der Waals surface area contributed by atoms with E-state index in [2.05, 4.69) is 16.8 Å². The summed E-state index contributed by atoms with van der Waals surface area (Å²) in [6.45, 7) is 13.6. The summed E-state index contributed by atoms with van der Waals surface area (Å²) < 4.78 is 0. The lowest BCUT2D eigenvalue weighted by Gasteiger charge is -2.43. The van der Waals surface area contributed by atoms with E-state index in [1.54, 1.807) is 6.07 Å². The van der Waals surface area contributed by atoms with Crippen molar-refractivity contribution in [2.75, 3.05) is 26.2 Å². The first-order valence-electron chi connectivity index (χ1n) is 10.6. The molecule has 0 bridgehead atoms. The maximum atomic E-state index is 12.5. The van der Waals surface area contributed by atoms with Crippen LogP contribution in [0.1, 0.15) is 76.5 Å². The fraction of sp³-hybridized carbons (Fsp3) is 0.714. The maximum absolute atomic E-state index is 12.5. The third-order valence-electron chi connectivity index (χ3n) is 5.08. The van der Waals surface area contributed by atoms with Crippen molar-refractivity contribution in [3.63, 3.8) is 0 Å². The number of carbonyl (C=O) groups excluding carboxylic acids is 1. The van der Waals surface area contributed by atoms with Crippen LogP contribution >= 0.6 is 0 Å². The molecule has 4 radical (unpaired) electrons. The van der Waals surface area contributed by atoms with Gasteiger partial charge in [0, 0.05) is 18.8 Å². The topological polar surface area (TPSA) is 36.4 Å². The van der Waals surface area contributed by atoms with E-state index in [0.29, 0.717) is 17.3 Å². The van der Waals surface area contributed by atoms with Crippen LogP contribution in [0.5, 0.6) is 0 Å². The first kappa shape index (κ1) is 23.7. The minimum atomic E-state index is -1.12. The van der Waals surface area contributed by atoms with Gasteiger partial charge in [0.2, 0.25) is 0 Å². The summed E-state index contributed by atoms with van der Waals surface area (Å²) in [5, 5.41) is -1.12. The molecule has 3 heterocycles. The summed E-state index contributed by atoms with van der Waals surface area (Å²) in [5.41, 5.74) is 1.01. The van der Waals surface area contributed by atoms with Crippen LogP contribution in [0.25, 0.3) is 0 Å². The second kappa shape index (κ2) is 11.5. The molecule has 27 heavy (non-hydrogen) atoms. The van der Waals surface area contributed by atoms with E-state index >= 15 is 0 Å². The van der Waals surface area contributed by atoms with E-state index in [-0.39, 0.29) is 5.91 Å². The molecular formula is C21H35B2N3O. The molecule has 1 amide bonds. The van der Waals surface area contributed by atoms with Gasteiger partial charge in [-0.15, -0.1) is 0 Å². The van der Waals surface area contributed by atoms with E-state index in [0.717, 1.165) is 51.9 Å². The molecule has 0 aliphatic carbocycles. The molecule has 2 aliphatic rings. The van der Waals surface area contributed by atoms with Gasteiger partial charge in [0.15, 0.2) is 0 Å². The molecule has 0 N–H and O–H groups in total. The van der Waals surface area contributed by atoms with Gasteiger partial charge in [-0.25, -0.2) is 4.98 Å². The molecule has 0 atom stereocenters. The largest absolute Gasteiger partial charge is 0.337 e. The van der Waals surface area contributed by atoms with Gasteiger partial charge in [0.1, 0.15) is 5.69 Å². The van der Waals surface area contributed by atoms with E-state index < -0.39 is 5.34 Å². The quantitative estimate of drug-likeness (QED) is 0.767. The van der Waals surface area contributed by atoms with Crippen molar-refractivity contribution in [2.45, 2.75) is 65.6 Å². The predicted octanol–water partition coefficient (Wildman–Crippen LogP) is 3.55. The highest BCUT2D eigenvalue weighted by Gasteiger charge is 2.32. The number of pyridine rings is 1. The van der Waals surface area contributed by atoms with Crippen LogP contribution in [0.2, 0.25) is 0 Å². The molecule has 0 unspecified atom stereocenters. The van der Waals surface area contributed by atoms with Crippen molar-refractivity contribution in [2.24, 2.45) is 5.92 Å². The smallest absolute Gasteiger partial charge is 0.272 e. The maximum Gasteiger partial charge on any atom is 0.272 e. The van der Waals surface area contributed by atoms with Gasteiger partial charge in [-0.2, -0.15) is 0 Å². The number of hydrogen-bond acceptors (Lipinski definition) is 3. The fourth-order valence-corrected chi connectivity index (χ4v) is 3.40. The number of aromatic nitrogens is 1. The molecule has 146 valence electrons. The molecule has 0 aromatic carbocycles. The number of amides is 1. The van der Waals surface area contributed by atoms with Crippen molar-refractivity contribution < 1.29 is 4.79 Å². The second-order valence-corrected chi connectivity index (χ2v) is 6.90. The Morgan fingerprint density at radius 1 is 1.04 bits per heavy atom. The Morgan fingerprint density at radius 2 is 1.59 bits per heavy atom. The third-order valence-corrected chi connectivity index (χ3v) is 5.08. The lowest BCUT2D eigenvalue weighted by Crippen LogP contribution is -2.51. The monoisotopic (exact) mass is 367 g/mol. The minimum absolute atomic E-state index is 0.0209. The van der Waals surface area contributed by atoms with Gasteiger partial charge in [0.25, 0.3) is 5.91 Å². The summed E-state index contributed by atoms with van der Waals surface area (Å²) in [7, 11) is 12.8. The van der Waals surface area contributed by atoms with E-state index in [4.69, 9.17) is 15.7 Å². The summed E-state index contributed by atoms with van der Waals surface area (Å²) in [6.07, 6.45) is 4.30. The van der Waals surface area contributed by atoms with Crippen molar-refractivity contribution in [3.8, 4) is 0 Å². The first-order valence-corrected chi connectivity index (χ1v) is 10.6. The number of carbonyl (C=O) groups is 1. The molecule has 0 saturated carbocycles. The zero-order valence-corrected chi connectivity index (χ0v) is 17.9. The number of likely N-dealkylation sites (tertiary alicyclic amines) is 2. The van der Waals surface area contributed by atoms with Crippen molar-refractivity contribution >= 4 is 21.6 Å². The van der Waals surface area contributed by atoms with Crippen LogP contribution in [-0.4, -0.2) is 62.6 Å². The lowest BCUT2D eigenvalue weighted by atomic mass is 9.58. The van der Waals surface area contributed by atoms with Gasteiger partial charge in [-0.3, -0.25) is 4.79 Å². The fourth-order valence-electron chi connectivity index (χ4n) is 3.40. The summed E-state index contributed by atoms with van der Waals surface area (Å²) >= 11 is 0.